The minimum atomic E-state index is -0.550. The van der Waals surface area contributed by atoms with Gasteiger partial charge in [0.1, 0.15) is 5.75 Å². The number of rotatable bonds is 6. The number of amidine groups is 1. The number of nitrogens with two attached hydrogens (primary N) is 1. The van der Waals surface area contributed by atoms with Crippen LogP contribution in [0.4, 0.5) is 5.69 Å². The number of nitrogens with one attached hydrogen (secondary N) is 1. The summed E-state index contributed by atoms with van der Waals surface area (Å²) in [5, 5.41) is 14.3. The molecule has 7 heteroatoms. The highest BCUT2D eigenvalue weighted by Crippen LogP contribution is 2.26. The number of carbonyl (C=O) groups is 1. The Kier molecular flexibility index (Phi) is 5.54. The molecule has 0 saturated heterocycles. The van der Waals surface area contributed by atoms with Crippen molar-refractivity contribution in [2.45, 2.75) is 25.9 Å². The van der Waals surface area contributed by atoms with Crippen LogP contribution < -0.4 is 15.8 Å². The average molecular weight is 295 g/mol. The van der Waals surface area contributed by atoms with Gasteiger partial charge in [-0.25, -0.2) is 0 Å². The van der Waals surface area contributed by atoms with Gasteiger partial charge in [0.25, 0.3) is 0 Å². The molecular formula is C14H21N3O4. The molecule has 21 heavy (non-hydrogen) atoms. The number of nitrogens with zero attached hydrogens (tertiary/aromatic N) is 1. The van der Waals surface area contributed by atoms with Gasteiger partial charge in [0, 0.05) is 12.7 Å². The van der Waals surface area contributed by atoms with E-state index in [1.165, 1.54) is 7.11 Å². The van der Waals surface area contributed by atoms with E-state index in [-0.39, 0.29) is 18.2 Å². The smallest absolute Gasteiger partial charge is 0.227 e. The first kappa shape index (κ1) is 16.8. The summed E-state index contributed by atoms with van der Waals surface area (Å²) in [6.45, 7) is 3.65. The lowest BCUT2D eigenvalue weighted by molar-refractivity contribution is -0.121. The summed E-state index contributed by atoms with van der Waals surface area (Å²) >= 11 is 0. The second-order valence-electron chi connectivity index (χ2n) is 5.09. The van der Waals surface area contributed by atoms with Gasteiger partial charge in [-0.3, -0.25) is 4.79 Å². The van der Waals surface area contributed by atoms with Crippen molar-refractivity contribution in [2.75, 3.05) is 19.5 Å². The summed E-state index contributed by atoms with van der Waals surface area (Å²) in [5.41, 5.74) is 5.95. The molecule has 116 valence electrons. The number of oxime groups is 1. The summed E-state index contributed by atoms with van der Waals surface area (Å²) in [6, 6.07) is 4.82. The second kappa shape index (κ2) is 6.94. The van der Waals surface area contributed by atoms with Gasteiger partial charge in [0.2, 0.25) is 5.91 Å². The van der Waals surface area contributed by atoms with Crippen LogP contribution in [0, 0.1) is 0 Å². The largest absolute Gasteiger partial charge is 0.495 e. The van der Waals surface area contributed by atoms with Gasteiger partial charge in [0.05, 0.1) is 24.8 Å². The Labute approximate surface area is 123 Å². The topological polar surface area (TPSA) is 106 Å². The summed E-state index contributed by atoms with van der Waals surface area (Å²) < 4.78 is 10.4. The quantitative estimate of drug-likeness (QED) is 0.319. The third kappa shape index (κ3) is 4.64. The summed E-state index contributed by atoms with van der Waals surface area (Å²) in [5.74, 6) is 0.186. The molecule has 1 aromatic carbocycles. The van der Waals surface area contributed by atoms with Gasteiger partial charge in [-0.05, 0) is 32.0 Å². The van der Waals surface area contributed by atoms with Gasteiger partial charge in [-0.2, -0.15) is 0 Å². The molecule has 0 radical (unpaired) electrons. The highest BCUT2D eigenvalue weighted by Gasteiger charge is 2.21. The first-order chi connectivity index (χ1) is 9.82. The van der Waals surface area contributed by atoms with E-state index in [2.05, 4.69) is 10.5 Å². The summed E-state index contributed by atoms with van der Waals surface area (Å²) in [4.78, 5) is 12.0. The zero-order chi connectivity index (χ0) is 16.0. The molecule has 0 aliphatic carbocycles. The van der Waals surface area contributed by atoms with E-state index in [1.807, 2.05) is 13.8 Å². The first-order valence-corrected chi connectivity index (χ1v) is 6.34. The van der Waals surface area contributed by atoms with Crippen LogP contribution in [-0.4, -0.2) is 36.8 Å². The SMILES string of the molecule is COc1cc(/C(N)=N/O)ccc1NC(=O)CC(C)(C)OC. The number of ether oxygens (including phenoxy) is 2. The van der Waals surface area contributed by atoms with E-state index < -0.39 is 5.60 Å². The van der Waals surface area contributed by atoms with Gasteiger partial charge in [-0.15, -0.1) is 0 Å². The van der Waals surface area contributed by atoms with Crippen molar-refractivity contribution in [3.63, 3.8) is 0 Å². The zero-order valence-electron chi connectivity index (χ0n) is 12.6. The fourth-order valence-electron chi connectivity index (χ4n) is 1.66. The Morgan fingerprint density at radius 3 is 2.62 bits per heavy atom. The molecule has 0 fully saturated rings. The van der Waals surface area contributed by atoms with Crippen LogP contribution in [-0.2, 0) is 9.53 Å². The maximum Gasteiger partial charge on any atom is 0.227 e. The van der Waals surface area contributed by atoms with Crippen molar-refractivity contribution in [1.82, 2.24) is 0 Å². The van der Waals surface area contributed by atoms with Crippen molar-refractivity contribution < 1.29 is 19.5 Å². The van der Waals surface area contributed by atoms with Crippen molar-refractivity contribution >= 4 is 17.4 Å². The maximum atomic E-state index is 12.0. The van der Waals surface area contributed by atoms with Crippen LogP contribution in [0.5, 0.6) is 5.75 Å². The fraction of sp³-hybridized carbons (Fsp3) is 0.429. The van der Waals surface area contributed by atoms with Crippen LogP contribution >= 0.6 is 0 Å². The minimum absolute atomic E-state index is 0.0355. The van der Waals surface area contributed by atoms with Crippen LogP contribution in [0.3, 0.4) is 0 Å². The molecule has 0 aliphatic rings. The number of methoxy groups -OCH3 is 2. The van der Waals surface area contributed by atoms with Crippen LogP contribution in [0.15, 0.2) is 23.4 Å². The lowest BCUT2D eigenvalue weighted by Gasteiger charge is -2.22. The van der Waals surface area contributed by atoms with Crippen molar-refractivity contribution in [3.05, 3.63) is 23.8 Å². The van der Waals surface area contributed by atoms with E-state index in [9.17, 15) is 4.79 Å². The number of hydrogen-bond donors (Lipinski definition) is 3. The maximum absolute atomic E-state index is 12.0. The molecule has 1 aromatic rings. The highest BCUT2D eigenvalue weighted by atomic mass is 16.5. The van der Waals surface area contributed by atoms with Crippen LogP contribution in [0.1, 0.15) is 25.8 Å². The Morgan fingerprint density at radius 2 is 2.10 bits per heavy atom. The van der Waals surface area contributed by atoms with E-state index in [4.69, 9.17) is 20.4 Å². The Hall–Kier alpha value is -2.28. The standard InChI is InChI=1S/C14H21N3O4/c1-14(2,21-4)8-12(18)16-10-6-5-9(13(15)17-19)7-11(10)20-3/h5-7,19H,8H2,1-4H3,(H2,15,17)(H,16,18). The number of anilines is 1. The van der Waals surface area contributed by atoms with Crippen molar-refractivity contribution in [3.8, 4) is 5.75 Å². The first-order valence-electron chi connectivity index (χ1n) is 6.34. The molecule has 0 unspecified atom stereocenters. The van der Waals surface area contributed by atoms with Gasteiger partial charge >= 0.3 is 0 Å². The molecule has 0 heterocycles. The molecule has 0 bridgehead atoms. The van der Waals surface area contributed by atoms with E-state index >= 15 is 0 Å². The molecule has 4 N–H and O–H groups in total. The molecule has 7 nitrogen and oxygen atoms in total. The van der Waals surface area contributed by atoms with Gasteiger partial charge < -0.3 is 25.7 Å². The normalized spacial score (nSPS) is 12.1. The Morgan fingerprint density at radius 1 is 1.43 bits per heavy atom. The number of carbonyl (C=O) groups excluding carboxylic acids is 1. The fourth-order valence-corrected chi connectivity index (χ4v) is 1.66. The second-order valence-corrected chi connectivity index (χ2v) is 5.09. The molecule has 0 aromatic heterocycles. The van der Waals surface area contributed by atoms with E-state index in [0.717, 1.165) is 0 Å². The highest BCUT2D eigenvalue weighted by molar-refractivity contribution is 5.99. The third-order valence-corrected chi connectivity index (χ3v) is 3.02. The number of amides is 1. The van der Waals surface area contributed by atoms with Crippen LogP contribution in [0.2, 0.25) is 0 Å². The molecule has 0 aliphatic heterocycles. The minimum Gasteiger partial charge on any atom is -0.495 e. The monoisotopic (exact) mass is 295 g/mol. The molecule has 0 atom stereocenters. The number of hydrogen-bond acceptors (Lipinski definition) is 5. The third-order valence-electron chi connectivity index (χ3n) is 3.02. The lowest BCUT2D eigenvalue weighted by atomic mass is 10.0. The van der Waals surface area contributed by atoms with Gasteiger partial charge in [0.15, 0.2) is 5.84 Å². The number of benzene rings is 1. The average Bonchev–Trinajstić information content (AvgIpc) is 2.46. The molecule has 0 spiro atoms. The zero-order valence-corrected chi connectivity index (χ0v) is 12.6. The molecule has 0 saturated carbocycles. The van der Waals surface area contributed by atoms with Crippen LogP contribution in [0.25, 0.3) is 0 Å². The Bertz CT molecular complexity index is 541. The van der Waals surface area contributed by atoms with Crippen molar-refractivity contribution in [2.24, 2.45) is 10.9 Å². The molecular weight excluding hydrogens is 274 g/mol. The molecule has 1 amide bonds. The predicted molar refractivity (Wildman–Crippen MR) is 79.8 cm³/mol. The van der Waals surface area contributed by atoms with Crippen molar-refractivity contribution in [1.29, 1.82) is 0 Å². The molecule has 1 rings (SSSR count). The van der Waals surface area contributed by atoms with Gasteiger partial charge in [-0.1, -0.05) is 5.16 Å². The summed E-state index contributed by atoms with van der Waals surface area (Å²) in [7, 11) is 3.03. The summed E-state index contributed by atoms with van der Waals surface area (Å²) in [6.07, 6.45) is 0.203. The lowest BCUT2D eigenvalue weighted by Crippen LogP contribution is -2.29. The predicted octanol–water partition coefficient (Wildman–Crippen LogP) is 1.54. The van der Waals surface area contributed by atoms with E-state index in [0.29, 0.717) is 17.0 Å². The van der Waals surface area contributed by atoms with E-state index in [1.54, 1.807) is 25.3 Å². The Balaban J connectivity index is 2.91.